The number of ketones is 1. The molecular formula is C19H20N4O4S. The maximum Gasteiger partial charge on any atom is 0.348 e. The molecule has 4 rings (SSSR count). The summed E-state index contributed by atoms with van der Waals surface area (Å²) in [6.07, 6.45) is 3.37. The molecule has 0 saturated carbocycles. The first kappa shape index (κ1) is 18.5. The smallest absolute Gasteiger partial charge is 0.292 e. The number of nitrogens with zero attached hydrogens (tertiary/aromatic N) is 4. The molecule has 0 N–H and O–H groups in total. The molecule has 0 spiro atoms. The monoisotopic (exact) mass is 400 g/mol. The highest BCUT2D eigenvalue weighted by molar-refractivity contribution is 7.91. The molecule has 3 heterocycles. The van der Waals surface area contributed by atoms with Crippen LogP contribution < -0.4 is 5.69 Å². The highest BCUT2D eigenvalue weighted by Gasteiger charge is 2.31. The molecule has 1 aliphatic heterocycles. The summed E-state index contributed by atoms with van der Waals surface area (Å²) in [6.45, 7) is 3.66. The van der Waals surface area contributed by atoms with Crippen LogP contribution in [0.1, 0.15) is 33.9 Å². The highest BCUT2D eigenvalue weighted by Crippen LogP contribution is 2.26. The van der Waals surface area contributed by atoms with E-state index in [1.54, 1.807) is 10.7 Å². The van der Waals surface area contributed by atoms with Gasteiger partial charge in [-0.25, -0.2) is 13.2 Å². The molecule has 1 aromatic carbocycles. The van der Waals surface area contributed by atoms with Crippen molar-refractivity contribution >= 4 is 26.7 Å². The molecule has 28 heavy (non-hydrogen) atoms. The van der Waals surface area contributed by atoms with Crippen LogP contribution in [-0.4, -0.2) is 45.0 Å². The maximum atomic E-state index is 12.8. The van der Waals surface area contributed by atoms with Gasteiger partial charge in [0.15, 0.2) is 15.6 Å². The topological polar surface area (TPSA) is 104 Å². The van der Waals surface area contributed by atoms with Gasteiger partial charge >= 0.3 is 5.69 Å². The minimum absolute atomic E-state index is 0.0183. The van der Waals surface area contributed by atoms with E-state index in [2.05, 4.69) is 10.1 Å². The van der Waals surface area contributed by atoms with Crippen molar-refractivity contribution in [2.75, 3.05) is 11.5 Å². The summed E-state index contributed by atoms with van der Waals surface area (Å²) < 4.78 is 26.5. The Hall–Kier alpha value is -2.81. The van der Waals surface area contributed by atoms with Crippen molar-refractivity contribution in [3.63, 3.8) is 0 Å². The number of fused-ring (bicyclic) bond motifs is 1. The fraction of sp³-hybridized carbons (Fsp3) is 0.368. The fourth-order valence-corrected chi connectivity index (χ4v) is 5.44. The Kier molecular flexibility index (Phi) is 4.41. The van der Waals surface area contributed by atoms with Crippen molar-refractivity contribution in [2.24, 2.45) is 0 Å². The van der Waals surface area contributed by atoms with Crippen LogP contribution in [0.15, 0.2) is 35.4 Å². The van der Waals surface area contributed by atoms with Gasteiger partial charge in [-0.15, -0.1) is 0 Å². The lowest BCUT2D eigenvalue weighted by Crippen LogP contribution is -2.27. The molecule has 1 saturated heterocycles. The molecular weight excluding hydrogens is 380 g/mol. The number of carbonyl (C=O) groups is 1. The molecule has 0 radical (unpaired) electrons. The van der Waals surface area contributed by atoms with Gasteiger partial charge in [0.1, 0.15) is 5.52 Å². The van der Waals surface area contributed by atoms with Crippen molar-refractivity contribution in [3.05, 3.63) is 57.8 Å². The lowest BCUT2D eigenvalue weighted by molar-refractivity contribution is 0.0971. The van der Waals surface area contributed by atoms with Crippen LogP contribution in [0, 0.1) is 13.8 Å². The van der Waals surface area contributed by atoms with E-state index in [0.29, 0.717) is 23.0 Å². The number of hydrogen-bond acceptors (Lipinski definition) is 6. The van der Waals surface area contributed by atoms with Gasteiger partial charge in [-0.1, -0.05) is 23.8 Å². The molecule has 8 nitrogen and oxygen atoms in total. The minimum atomic E-state index is -3.08. The van der Waals surface area contributed by atoms with Crippen LogP contribution in [-0.2, 0) is 16.4 Å². The predicted octanol–water partition coefficient (Wildman–Crippen LogP) is 1.45. The SMILES string of the molecule is Cc1ccc(C(=O)Cn2c(=O)ncc3c2cnn3[C@H]2CCS(=O)(=O)C2)c(C)c1. The van der Waals surface area contributed by atoms with Gasteiger partial charge in [-0.2, -0.15) is 10.1 Å². The maximum absolute atomic E-state index is 12.8. The van der Waals surface area contributed by atoms with Gasteiger partial charge in [0, 0.05) is 5.56 Å². The van der Waals surface area contributed by atoms with Gasteiger partial charge in [0.25, 0.3) is 0 Å². The largest absolute Gasteiger partial charge is 0.348 e. The van der Waals surface area contributed by atoms with E-state index >= 15 is 0 Å². The number of rotatable bonds is 4. The first-order valence-electron chi connectivity index (χ1n) is 8.99. The first-order valence-corrected chi connectivity index (χ1v) is 10.8. The van der Waals surface area contributed by atoms with Crippen LogP contribution in [0.25, 0.3) is 11.0 Å². The number of sulfone groups is 1. The second-order valence-corrected chi connectivity index (χ2v) is 9.51. The van der Waals surface area contributed by atoms with E-state index < -0.39 is 15.5 Å². The second-order valence-electron chi connectivity index (χ2n) is 7.28. The van der Waals surface area contributed by atoms with Crippen LogP contribution in [0.5, 0.6) is 0 Å². The predicted molar refractivity (Wildman–Crippen MR) is 104 cm³/mol. The molecule has 3 aromatic rings. The summed E-state index contributed by atoms with van der Waals surface area (Å²) in [5, 5.41) is 4.30. The Balaban J connectivity index is 1.72. The summed E-state index contributed by atoms with van der Waals surface area (Å²) in [5.41, 5.74) is 2.96. The number of aryl methyl sites for hydroxylation is 2. The zero-order valence-corrected chi connectivity index (χ0v) is 16.4. The number of benzene rings is 1. The van der Waals surface area contributed by atoms with Crippen LogP contribution in [0.2, 0.25) is 0 Å². The van der Waals surface area contributed by atoms with Crippen LogP contribution in [0.4, 0.5) is 0 Å². The van der Waals surface area contributed by atoms with E-state index in [1.807, 2.05) is 26.0 Å². The highest BCUT2D eigenvalue weighted by atomic mass is 32.2. The van der Waals surface area contributed by atoms with Crippen LogP contribution >= 0.6 is 0 Å². The van der Waals surface area contributed by atoms with E-state index in [1.165, 1.54) is 17.0 Å². The number of hydrogen-bond donors (Lipinski definition) is 0. The molecule has 2 aromatic heterocycles. The normalized spacial score (nSPS) is 18.6. The second kappa shape index (κ2) is 6.66. The Morgan fingerprint density at radius 1 is 1.21 bits per heavy atom. The number of aromatic nitrogens is 4. The van der Waals surface area contributed by atoms with Crippen molar-refractivity contribution in [1.29, 1.82) is 0 Å². The molecule has 1 fully saturated rings. The summed E-state index contributed by atoms with van der Waals surface area (Å²) in [6, 6.07) is 5.26. The third-order valence-corrected chi connectivity index (χ3v) is 6.92. The Morgan fingerprint density at radius 3 is 2.68 bits per heavy atom. The van der Waals surface area contributed by atoms with Gasteiger partial charge in [-0.05, 0) is 25.8 Å². The summed E-state index contributed by atoms with van der Waals surface area (Å²) in [7, 11) is -3.08. The first-order chi connectivity index (χ1) is 13.2. The van der Waals surface area contributed by atoms with Gasteiger partial charge in [-0.3, -0.25) is 14.0 Å². The standard InChI is InChI=1S/C19H20N4O4S/c1-12-3-4-15(13(2)7-12)18(24)10-22-16-9-21-23(17(16)8-20-19(22)25)14-5-6-28(26,27)11-14/h3-4,7-9,14H,5-6,10-11H2,1-2H3/t14-/m0/s1. The van der Waals surface area contributed by atoms with Crippen molar-refractivity contribution in [2.45, 2.75) is 32.9 Å². The Bertz CT molecular complexity index is 1260. The third kappa shape index (κ3) is 3.26. The molecule has 1 atom stereocenters. The average molecular weight is 400 g/mol. The van der Waals surface area contributed by atoms with Crippen LogP contribution in [0.3, 0.4) is 0 Å². The molecule has 146 valence electrons. The third-order valence-electron chi connectivity index (χ3n) is 5.17. The van der Waals surface area contributed by atoms with Gasteiger partial charge < -0.3 is 0 Å². The molecule has 0 bridgehead atoms. The molecule has 0 amide bonds. The van der Waals surface area contributed by atoms with E-state index in [4.69, 9.17) is 0 Å². The molecule has 9 heteroatoms. The molecule has 1 aliphatic rings. The quantitative estimate of drug-likeness (QED) is 0.614. The number of carbonyl (C=O) groups excluding carboxylic acids is 1. The Morgan fingerprint density at radius 2 is 2.00 bits per heavy atom. The van der Waals surface area contributed by atoms with Crippen molar-refractivity contribution < 1.29 is 13.2 Å². The van der Waals surface area contributed by atoms with Gasteiger partial charge in [0.05, 0.1) is 42.0 Å². The van der Waals surface area contributed by atoms with E-state index in [9.17, 15) is 18.0 Å². The average Bonchev–Trinajstić information content (AvgIpc) is 3.20. The van der Waals surface area contributed by atoms with Crippen molar-refractivity contribution in [3.8, 4) is 0 Å². The molecule has 0 aliphatic carbocycles. The number of Topliss-reactive ketones (excluding diaryl/α,β-unsaturated/α-hetero) is 1. The summed E-state index contributed by atoms with van der Waals surface area (Å²) in [5.74, 6) is -0.0492. The van der Waals surface area contributed by atoms with Gasteiger partial charge in [0.2, 0.25) is 0 Å². The summed E-state index contributed by atoms with van der Waals surface area (Å²) >= 11 is 0. The van der Waals surface area contributed by atoms with E-state index in [0.717, 1.165) is 11.1 Å². The minimum Gasteiger partial charge on any atom is -0.292 e. The summed E-state index contributed by atoms with van der Waals surface area (Å²) in [4.78, 5) is 29.0. The fourth-order valence-electron chi connectivity index (χ4n) is 3.75. The van der Waals surface area contributed by atoms with Crippen molar-refractivity contribution in [1.82, 2.24) is 19.3 Å². The Labute approximate surface area is 161 Å². The molecule has 0 unspecified atom stereocenters. The zero-order valence-electron chi connectivity index (χ0n) is 15.6. The lowest BCUT2D eigenvalue weighted by atomic mass is 10.0. The van der Waals surface area contributed by atoms with E-state index in [-0.39, 0.29) is 29.9 Å². The lowest BCUT2D eigenvalue weighted by Gasteiger charge is -2.11. The zero-order chi connectivity index (χ0) is 20.1.